The first-order valence-corrected chi connectivity index (χ1v) is 20.6. The van der Waals surface area contributed by atoms with Crippen LogP contribution in [0.5, 0.6) is 11.5 Å². The number of ether oxygens (including phenoxy) is 1. The molecule has 3 saturated heterocycles. The molecule has 60 heavy (non-hydrogen) atoms. The number of amides is 5. The Bertz CT molecular complexity index is 2470. The standard InChI is InChI=1S/C44H46N10O6/c1-26(24-46-29-9-12-33-34(23-29)44(59)53(43(33)58)35-13-14-36(55)49-41(35)56)51-19-15-28(16-20-51)42(57)52-21-17-30(18-22-52)54-40-37(39(45)47-25-48-40)38(50-54)27-7-10-32(11-8-27)60-31-5-3-2-4-6-31/h2-12,23,25-26,28,30,35,46H,13-22,24H2,1H3,(H2,45,47,48)(H,49,55,56). The quantitative estimate of drug-likeness (QED) is 0.166. The van der Waals surface area contributed by atoms with Crippen molar-refractivity contribution in [3.05, 3.63) is 90.3 Å². The van der Waals surface area contributed by atoms with Gasteiger partial charge in [0.05, 0.1) is 22.6 Å². The van der Waals surface area contributed by atoms with Gasteiger partial charge in [-0.2, -0.15) is 5.10 Å². The summed E-state index contributed by atoms with van der Waals surface area (Å²) in [7, 11) is 0. The van der Waals surface area contributed by atoms with E-state index in [0.29, 0.717) is 53.6 Å². The van der Waals surface area contributed by atoms with Gasteiger partial charge in [0.25, 0.3) is 11.8 Å². The van der Waals surface area contributed by atoms with Gasteiger partial charge in [-0.05, 0) is 107 Å². The molecule has 0 spiro atoms. The molecule has 0 bridgehead atoms. The lowest BCUT2D eigenvalue weighted by atomic mass is 9.93. The number of nitrogens with zero attached hydrogens (tertiary/aromatic N) is 7. The summed E-state index contributed by atoms with van der Waals surface area (Å²) in [6, 6.07) is 21.6. The van der Waals surface area contributed by atoms with Crippen LogP contribution < -0.4 is 21.1 Å². The van der Waals surface area contributed by atoms with E-state index >= 15 is 0 Å². The molecule has 308 valence electrons. The number of anilines is 2. The Hall–Kier alpha value is -6.68. The van der Waals surface area contributed by atoms with Crippen LogP contribution in [0.4, 0.5) is 11.5 Å². The van der Waals surface area contributed by atoms with Crippen molar-refractivity contribution in [1.29, 1.82) is 0 Å². The second-order valence-corrected chi connectivity index (χ2v) is 16.0. The summed E-state index contributed by atoms with van der Waals surface area (Å²) in [5.41, 5.74) is 9.86. The minimum atomic E-state index is -1.00. The van der Waals surface area contributed by atoms with Crippen LogP contribution in [0.1, 0.15) is 72.2 Å². The Balaban J connectivity index is 0.771. The van der Waals surface area contributed by atoms with Crippen molar-refractivity contribution in [2.45, 2.75) is 63.6 Å². The van der Waals surface area contributed by atoms with Crippen LogP contribution in [0, 0.1) is 5.92 Å². The third-order valence-electron chi connectivity index (χ3n) is 12.3. The number of carbonyl (C=O) groups is 5. The Morgan fingerprint density at radius 2 is 1.58 bits per heavy atom. The summed E-state index contributed by atoms with van der Waals surface area (Å²) in [5.74, 6) is -0.0991. The molecule has 0 radical (unpaired) electrons. The van der Waals surface area contributed by atoms with Gasteiger partial charge in [0, 0.05) is 49.3 Å². The second kappa shape index (κ2) is 16.2. The van der Waals surface area contributed by atoms with Crippen LogP contribution in [0.25, 0.3) is 22.3 Å². The van der Waals surface area contributed by atoms with Crippen molar-refractivity contribution in [1.82, 2.24) is 39.8 Å². The monoisotopic (exact) mass is 810 g/mol. The maximum atomic E-state index is 13.8. The Morgan fingerprint density at radius 3 is 2.32 bits per heavy atom. The predicted octanol–water partition coefficient (Wildman–Crippen LogP) is 4.65. The number of rotatable bonds is 10. The average Bonchev–Trinajstić information content (AvgIpc) is 3.78. The number of hydrogen-bond acceptors (Lipinski definition) is 12. The number of imide groups is 2. The maximum Gasteiger partial charge on any atom is 0.262 e. The highest BCUT2D eigenvalue weighted by Crippen LogP contribution is 2.36. The summed E-state index contributed by atoms with van der Waals surface area (Å²) in [4.78, 5) is 78.4. The molecular formula is C44H46N10O6. The van der Waals surface area contributed by atoms with Crippen molar-refractivity contribution < 1.29 is 28.7 Å². The van der Waals surface area contributed by atoms with Gasteiger partial charge in [0.1, 0.15) is 35.4 Å². The van der Waals surface area contributed by atoms with Crippen LogP contribution in [-0.2, 0) is 14.4 Å². The molecule has 0 aliphatic carbocycles. The number of para-hydroxylation sites is 1. The van der Waals surface area contributed by atoms with E-state index in [0.717, 1.165) is 55.0 Å². The van der Waals surface area contributed by atoms with Crippen molar-refractivity contribution in [2.24, 2.45) is 5.92 Å². The number of nitrogens with two attached hydrogens (primary N) is 1. The zero-order chi connectivity index (χ0) is 41.5. The number of likely N-dealkylation sites (tertiary alicyclic amines) is 2. The fourth-order valence-electron chi connectivity index (χ4n) is 8.91. The van der Waals surface area contributed by atoms with Gasteiger partial charge in [-0.3, -0.25) is 39.1 Å². The molecule has 16 heteroatoms. The van der Waals surface area contributed by atoms with E-state index < -0.39 is 29.7 Å². The smallest absolute Gasteiger partial charge is 0.262 e. The molecule has 3 fully saturated rings. The Kier molecular flexibility index (Phi) is 10.5. The van der Waals surface area contributed by atoms with Crippen LogP contribution in [0.15, 0.2) is 79.1 Å². The fraction of sp³-hybridized carbons (Fsp3) is 0.364. The highest BCUT2D eigenvalue weighted by molar-refractivity contribution is 6.23. The molecule has 2 aromatic heterocycles. The number of piperidine rings is 3. The predicted molar refractivity (Wildman–Crippen MR) is 222 cm³/mol. The summed E-state index contributed by atoms with van der Waals surface area (Å²) >= 11 is 0. The van der Waals surface area contributed by atoms with Crippen LogP contribution in [0.3, 0.4) is 0 Å². The van der Waals surface area contributed by atoms with Crippen LogP contribution in [0.2, 0.25) is 0 Å². The summed E-state index contributed by atoms with van der Waals surface area (Å²) in [5, 5.41) is 11.4. The minimum Gasteiger partial charge on any atom is -0.457 e. The zero-order valence-corrected chi connectivity index (χ0v) is 33.3. The molecule has 5 amide bonds. The molecular weight excluding hydrogens is 765 g/mol. The topological polar surface area (TPSA) is 198 Å². The molecule has 4 aliphatic rings. The van der Waals surface area contributed by atoms with Crippen LogP contribution >= 0.6 is 0 Å². The normalized spacial score (nSPS) is 19.7. The molecule has 5 aromatic rings. The molecule has 16 nitrogen and oxygen atoms in total. The van der Waals surface area contributed by atoms with E-state index in [1.807, 2.05) is 64.2 Å². The first-order valence-electron chi connectivity index (χ1n) is 20.6. The summed E-state index contributed by atoms with van der Waals surface area (Å²) in [6.07, 6.45) is 4.68. The van der Waals surface area contributed by atoms with Crippen molar-refractivity contribution in [3.8, 4) is 22.8 Å². The maximum absolute atomic E-state index is 13.8. The second-order valence-electron chi connectivity index (χ2n) is 16.0. The van der Waals surface area contributed by atoms with Gasteiger partial charge < -0.3 is 20.7 Å². The first-order chi connectivity index (χ1) is 29.1. The van der Waals surface area contributed by atoms with Gasteiger partial charge in [0.15, 0.2) is 5.65 Å². The largest absolute Gasteiger partial charge is 0.457 e. The third-order valence-corrected chi connectivity index (χ3v) is 12.3. The highest BCUT2D eigenvalue weighted by atomic mass is 16.5. The fourth-order valence-corrected chi connectivity index (χ4v) is 8.91. The molecule has 9 rings (SSSR count). The minimum absolute atomic E-state index is 0.0379. The van der Waals surface area contributed by atoms with Crippen molar-refractivity contribution in [3.63, 3.8) is 0 Å². The van der Waals surface area contributed by atoms with Crippen LogP contribution in [-0.4, -0.2) is 109 Å². The lowest BCUT2D eigenvalue weighted by Crippen LogP contribution is -2.54. The molecule has 2 atom stereocenters. The number of fused-ring (bicyclic) bond motifs is 2. The Labute approximate surface area is 346 Å². The van der Waals surface area contributed by atoms with E-state index in [9.17, 15) is 24.0 Å². The Morgan fingerprint density at radius 1 is 0.867 bits per heavy atom. The van der Waals surface area contributed by atoms with Gasteiger partial charge >= 0.3 is 0 Å². The number of aromatic nitrogens is 4. The van der Waals surface area contributed by atoms with Gasteiger partial charge in [0.2, 0.25) is 17.7 Å². The summed E-state index contributed by atoms with van der Waals surface area (Å²) < 4.78 is 7.95. The number of benzene rings is 3. The number of nitrogen functional groups attached to an aromatic ring is 1. The third kappa shape index (κ3) is 7.42. The van der Waals surface area contributed by atoms with Crippen molar-refractivity contribution in [2.75, 3.05) is 43.8 Å². The van der Waals surface area contributed by atoms with E-state index in [4.69, 9.17) is 15.6 Å². The zero-order valence-electron chi connectivity index (χ0n) is 33.3. The highest BCUT2D eigenvalue weighted by Gasteiger charge is 2.44. The van der Waals surface area contributed by atoms with E-state index in [1.54, 1.807) is 18.2 Å². The molecule has 2 unspecified atom stereocenters. The van der Waals surface area contributed by atoms with Gasteiger partial charge in [-0.25, -0.2) is 14.6 Å². The van der Waals surface area contributed by atoms with E-state index in [2.05, 4.69) is 32.4 Å². The van der Waals surface area contributed by atoms with Gasteiger partial charge in [-0.1, -0.05) is 18.2 Å². The summed E-state index contributed by atoms with van der Waals surface area (Å²) in [6.45, 7) is 5.57. The number of hydrogen-bond donors (Lipinski definition) is 3. The van der Waals surface area contributed by atoms with Gasteiger partial charge in [-0.15, -0.1) is 0 Å². The van der Waals surface area contributed by atoms with E-state index in [-0.39, 0.29) is 47.9 Å². The lowest BCUT2D eigenvalue weighted by Gasteiger charge is -2.39. The number of nitrogens with one attached hydrogen (secondary N) is 2. The number of carbonyl (C=O) groups excluding carboxylic acids is 5. The van der Waals surface area contributed by atoms with E-state index in [1.165, 1.54) is 6.33 Å². The SMILES string of the molecule is CC(CNc1ccc2c(c1)C(=O)N(C1CCC(=O)NC1=O)C2=O)N1CCC(C(=O)N2CCC(n3nc(-c4ccc(Oc5ccccc5)cc4)c4c(N)ncnc43)CC2)CC1. The van der Waals surface area contributed by atoms with Crippen molar-refractivity contribution >= 4 is 52.1 Å². The molecule has 0 saturated carbocycles. The molecule has 4 N–H and O–H groups in total. The molecule has 3 aromatic carbocycles. The average molecular weight is 811 g/mol. The lowest BCUT2D eigenvalue weighted by molar-refractivity contribution is -0.139. The molecule has 4 aliphatic heterocycles. The molecule has 6 heterocycles. The first kappa shape index (κ1) is 38.8.